The minimum absolute atomic E-state index is 0.0159. The number of rotatable bonds is 8. The number of nitrogens with one attached hydrogen (secondary N) is 2. The molecule has 4 aliphatic heterocycles. The zero-order valence-corrected chi connectivity index (χ0v) is 36.0. The summed E-state index contributed by atoms with van der Waals surface area (Å²) in [5.74, 6) is -1.84. The van der Waals surface area contributed by atoms with E-state index in [1.165, 1.54) is 0 Å². The molecule has 0 unspecified atom stereocenters. The first kappa shape index (κ1) is 41.8. The van der Waals surface area contributed by atoms with E-state index in [2.05, 4.69) is 21.0 Å². The maximum absolute atomic E-state index is 15.0. The molecule has 0 radical (unpaired) electrons. The number of benzene rings is 1. The smallest absolute Gasteiger partial charge is 0.259 e. The molecule has 13 nitrogen and oxygen atoms in total. The number of ether oxygens (including phenoxy) is 2. The molecule has 6 aliphatic rings. The molecule has 2 aromatic rings. The highest BCUT2D eigenvalue weighted by Gasteiger charge is 2.64. The van der Waals surface area contributed by atoms with Gasteiger partial charge in [-0.1, -0.05) is 64.0 Å². The van der Waals surface area contributed by atoms with Crippen LogP contribution in [0.5, 0.6) is 5.75 Å². The quantitative estimate of drug-likeness (QED) is 0.341. The van der Waals surface area contributed by atoms with Crippen LogP contribution in [0.15, 0.2) is 36.4 Å². The first-order valence-corrected chi connectivity index (χ1v) is 23.3. The second-order valence-corrected chi connectivity index (χ2v) is 21.8. The maximum atomic E-state index is 15.0. The van der Waals surface area contributed by atoms with Crippen LogP contribution >= 0.6 is 0 Å². The molecule has 14 heteroatoms. The van der Waals surface area contributed by atoms with Crippen molar-refractivity contribution >= 4 is 44.4 Å². The van der Waals surface area contributed by atoms with E-state index < -0.39 is 55.6 Å². The Balaban J connectivity index is 1.15. The van der Waals surface area contributed by atoms with Gasteiger partial charge in [-0.2, -0.15) is 0 Å². The number of aryl methyl sites for hydroxylation is 1. The standard InChI is InChI=1S/C45H61N5O8S/c1-42(2,3)26-32(51)24-30-12-8-6-5-7-9-13-31-25-45(31,41(54)48-59(55,56)43(4)18-19-43)47-39(52)37-27-44(29-50(37)40(30)53)17-16-34-33-14-10-11-15-35(33)46-36(38(34)58-44)28-49-20-22-57-23-21-49/h9-11,13-15,30-31,37H,5-8,12,16-29H2,1-4H3,(H,47,52)(H,48,54)/b13-9-/t30-,31-,37+,44-,45-/m1/s1. The van der Waals surface area contributed by atoms with Crippen LogP contribution in [0.2, 0.25) is 0 Å². The molecule has 1 spiro atoms. The Morgan fingerprint density at radius 2 is 1.80 bits per heavy atom. The summed E-state index contributed by atoms with van der Waals surface area (Å²) in [4.78, 5) is 66.6. The molecule has 3 amide bonds. The van der Waals surface area contributed by atoms with Gasteiger partial charge in [0.1, 0.15) is 28.7 Å². The van der Waals surface area contributed by atoms with Gasteiger partial charge in [0.2, 0.25) is 21.8 Å². The number of ketones is 1. The average molecular weight is 832 g/mol. The van der Waals surface area contributed by atoms with E-state index in [1.54, 1.807) is 11.8 Å². The number of carbonyl (C=O) groups is 4. The highest BCUT2D eigenvalue weighted by atomic mass is 32.2. The normalized spacial score (nSPS) is 30.5. The number of Topliss-reactive ketones (excluding diaryl/α,β-unsaturated/α-hetero) is 1. The summed E-state index contributed by atoms with van der Waals surface area (Å²) in [6.45, 7) is 11.1. The van der Waals surface area contributed by atoms with E-state index in [4.69, 9.17) is 14.5 Å². The number of amides is 3. The van der Waals surface area contributed by atoms with Gasteiger partial charge in [0.25, 0.3) is 5.91 Å². The topological polar surface area (TPSA) is 164 Å². The first-order valence-electron chi connectivity index (χ1n) is 21.8. The van der Waals surface area contributed by atoms with Gasteiger partial charge < -0.3 is 19.7 Å². The molecule has 2 saturated carbocycles. The second-order valence-electron chi connectivity index (χ2n) is 19.6. The number of sulfonamides is 1. The third-order valence-electron chi connectivity index (χ3n) is 13.6. The van der Waals surface area contributed by atoms with Crippen molar-refractivity contribution < 1.29 is 37.1 Å². The van der Waals surface area contributed by atoms with Crippen molar-refractivity contribution in [2.45, 2.75) is 140 Å². The number of pyridine rings is 1. The number of fused-ring (bicyclic) bond motifs is 5. The third-order valence-corrected chi connectivity index (χ3v) is 15.7. The van der Waals surface area contributed by atoms with E-state index in [1.807, 2.05) is 51.1 Å². The van der Waals surface area contributed by atoms with Crippen molar-refractivity contribution in [3.05, 3.63) is 47.7 Å². The van der Waals surface area contributed by atoms with Gasteiger partial charge in [-0.3, -0.25) is 28.8 Å². The van der Waals surface area contributed by atoms with E-state index in [-0.39, 0.29) is 42.9 Å². The largest absolute Gasteiger partial charge is 0.483 e. The summed E-state index contributed by atoms with van der Waals surface area (Å²) in [5, 5.41) is 4.04. The van der Waals surface area contributed by atoms with Crippen molar-refractivity contribution in [3.8, 4) is 5.75 Å². The monoisotopic (exact) mass is 831 g/mol. The number of morpholine rings is 1. The van der Waals surface area contributed by atoms with Crippen molar-refractivity contribution in [2.24, 2.45) is 17.3 Å². The van der Waals surface area contributed by atoms with Crippen LogP contribution in [0.3, 0.4) is 0 Å². The Hall–Kier alpha value is -3.88. The van der Waals surface area contributed by atoms with Gasteiger partial charge in [-0.05, 0) is 69.8 Å². The van der Waals surface area contributed by atoms with E-state index in [9.17, 15) is 22.8 Å². The lowest BCUT2D eigenvalue weighted by molar-refractivity contribution is -0.144. The molecule has 59 heavy (non-hydrogen) atoms. The highest BCUT2D eigenvalue weighted by Crippen LogP contribution is 2.49. The zero-order chi connectivity index (χ0) is 41.8. The number of carbonyl (C=O) groups excluding carboxylic acids is 4. The molecule has 0 bridgehead atoms. The molecular formula is C45H61N5O8S. The Morgan fingerprint density at radius 3 is 2.54 bits per heavy atom. The predicted octanol–water partition coefficient (Wildman–Crippen LogP) is 5.14. The fourth-order valence-electron chi connectivity index (χ4n) is 9.70. The summed E-state index contributed by atoms with van der Waals surface area (Å²) in [5.41, 5.74) is 0.0883. The lowest BCUT2D eigenvalue weighted by Crippen LogP contribution is -2.57. The Morgan fingerprint density at radius 1 is 1.03 bits per heavy atom. The number of aromatic nitrogens is 1. The van der Waals surface area contributed by atoms with Gasteiger partial charge >= 0.3 is 0 Å². The number of hydrogen-bond donors (Lipinski definition) is 2. The number of allylic oxidation sites excluding steroid dienone is 1. The van der Waals surface area contributed by atoms with Crippen molar-refractivity contribution in [3.63, 3.8) is 0 Å². The maximum Gasteiger partial charge on any atom is 0.259 e. The van der Waals surface area contributed by atoms with Crippen molar-refractivity contribution in [2.75, 3.05) is 32.8 Å². The van der Waals surface area contributed by atoms with Crippen LogP contribution in [0.25, 0.3) is 10.9 Å². The zero-order valence-electron chi connectivity index (χ0n) is 35.1. The Kier molecular flexibility index (Phi) is 11.2. The summed E-state index contributed by atoms with van der Waals surface area (Å²) < 4.78 is 40.7. The molecule has 4 fully saturated rings. The van der Waals surface area contributed by atoms with E-state index >= 15 is 4.79 Å². The number of hydrogen-bond acceptors (Lipinski definition) is 10. The van der Waals surface area contributed by atoms with Gasteiger partial charge in [0, 0.05) is 61.7 Å². The fraction of sp³-hybridized carbons (Fsp3) is 0.667. The molecular weight excluding hydrogens is 771 g/mol. The molecule has 2 N–H and O–H groups in total. The predicted molar refractivity (Wildman–Crippen MR) is 223 cm³/mol. The van der Waals surface area contributed by atoms with Crippen molar-refractivity contribution in [1.82, 2.24) is 24.8 Å². The summed E-state index contributed by atoms with van der Waals surface area (Å²) in [6, 6.07) is 7.04. The lowest BCUT2D eigenvalue weighted by atomic mass is 9.85. The minimum atomic E-state index is -3.98. The van der Waals surface area contributed by atoms with Crippen LogP contribution in [-0.4, -0.2) is 101 Å². The van der Waals surface area contributed by atoms with E-state index in [0.29, 0.717) is 64.0 Å². The van der Waals surface area contributed by atoms with Crippen LogP contribution in [0, 0.1) is 17.3 Å². The van der Waals surface area contributed by atoms with Crippen molar-refractivity contribution in [1.29, 1.82) is 0 Å². The number of nitrogens with zero attached hydrogens (tertiary/aromatic N) is 3. The molecule has 1 aromatic carbocycles. The van der Waals surface area contributed by atoms with Crippen LogP contribution < -0.4 is 14.8 Å². The fourth-order valence-corrected chi connectivity index (χ4v) is 11.0. The number of para-hydroxylation sites is 1. The average Bonchev–Trinajstić information content (AvgIpc) is 4.08. The third kappa shape index (κ3) is 8.68. The van der Waals surface area contributed by atoms with Gasteiger partial charge in [0.05, 0.1) is 35.7 Å². The molecule has 8 rings (SSSR count). The lowest BCUT2D eigenvalue weighted by Gasteiger charge is -2.37. The molecule has 5 atom stereocenters. The summed E-state index contributed by atoms with van der Waals surface area (Å²) in [7, 11) is -3.98. The van der Waals surface area contributed by atoms with Crippen LogP contribution in [-0.2, 0) is 46.9 Å². The Labute approximate surface area is 348 Å². The van der Waals surface area contributed by atoms with Gasteiger partial charge in [-0.25, -0.2) is 13.4 Å². The minimum Gasteiger partial charge on any atom is -0.483 e. The Bertz CT molecular complexity index is 2140. The molecule has 2 saturated heterocycles. The van der Waals surface area contributed by atoms with Crippen LogP contribution in [0.1, 0.15) is 116 Å². The molecule has 320 valence electrons. The van der Waals surface area contributed by atoms with E-state index in [0.717, 1.165) is 60.9 Å². The molecule has 1 aromatic heterocycles. The molecule has 5 heterocycles. The van der Waals surface area contributed by atoms with Gasteiger partial charge in [0.15, 0.2) is 0 Å². The van der Waals surface area contributed by atoms with Gasteiger partial charge in [-0.15, -0.1) is 0 Å². The summed E-state index contributed by atoms with van der Waals surface area (Å²) in [6.07, 6.45) is 10.6. The SMILES string of the molecule is CC(C)(C)CC(=O)C[C@H]1CCCCC/C=C\[C@@H]2C[C@@]2(C(=O)NS(=O)(=O)C2(C)CC2)NC(=O)[C@@H]2C[C@]3(CCc4c(c(CN5CCOCC5)nc5ccccc45)O3)CN2C1=O. The first-order chi connectivity index (χ1) is 28.0. The van der Waals surface area contributed by atoms with Crippen LogP contribution in [0.4, 0.5) is 0 Å². The second kappa shape index (κ2) is 15.9. The molecule has 2 aliphatic carbocycles. The summed E-state index contributed by atoms with van der Waals surface area (Å²) >= 11 is 0. The highest BCUT2D eigenvalue weighted by molar-refractivity contribution is 7.91.